The van der Waals surface area contributed by atoms with Crippen molar-refractivity contribution in [2.75, 3.05) is 18.6 Å². The molecule has 1 aliphatic carbocycles. The highest BCUT2D eigenvalue weighted by Crippen LogP contribution is 2.18. The van der Waals surface area contributed by atoms with Crippen LogP contribution >= 0.6 is 0 Å². The van der Waals surface area contributed by atoms with Gasteiger partial charge >= 0.3 is 0 Å². The first-order valence-corrected chi connectivity index (χ1v) is 7.13. The zero-order valence-corrected chi connectivity index (χ0v) is 9.93. The van der Waals surface area contributed by atoms with Crippen LogP contribution in [0, 0.1) is 0 Å². The molecule has 0 aromatic carbocycles. The van der Waals surface area contributed by atoms with Gasteiger partial charge in [0.15, 0.2) is 0 Å². The summed E-state index contributed by atoms with van der Waals surface area (Å²) in [6.45, 7) is 1.94. The first kappa shape index (κ1) is 12.4. The van der Waals surface area contributed by atoms with E-state index in [-0.39, 0.29) is 24.2 Å². The molecule has 0 aromatic heterocycles. The van der Waals surface area contributed by atoms with Gasteiger partial charge in [-0.05, 0) is 19.8 Å². The second-order valence-corrected chi connectivity index (χ2v) is 6.40. The molecule has 1 rings (SSSR count). The van der Waals surface area contributed by atoms with Crippen LogP contribution in [0.3, 0.4) is 0 Å². The van der Waals surface area contributed by atoms with E-state index in [9.17, 15) is 13.2 Å². The molecule has 0 aliphatic heterocycles. The van der Waals surface area contributed by atoms with Crippen LogP contribution in [-0.2, 0) is 14.6 Å². The molecule has 1 atom stereocenters. The van der Waals surface area contributed by atoms with E-state index in [1.165, 1.54) is 6.26 Å². The summed E-state index contributed by atoms with van der Waals surface area (Å²) < 4.78 is 21.9. The van der Waals surface area contributed by atoms with Crippen LogP contribution in [0.2, 0.25) is 0 Å². The maximum absolute atomic E-state index is 11.2. The van der Waals surface area contributed by atoms with Crippen molar-refractivity contribution in [1.29, 1.82) is 0 Å². The van der Waals surface area contributed by atoms with Gasteiger partial charge in [0.2, 0.25) is 5.91 Å². The van der Waals surface area contributed by atoms with Gasteiger partial charge < -0.3 is 10.6 Å². The van der Waals surface area contributed by atoms with E-state index in [1.807, 2.05) is 0 Å². The van der Waals surface area contributed by atoms with E-state index in [1.54, 1.807) is 6.92 Å². The fourth-order valence-corrected chi connectivity index (χ4v) is 2.31. The van der Waals surface area contributed by atoms with Crippen LogP contribution < -0.4 is 10.6 Å². The van der Waals surface area contributed by atoms with Crippen molar-refractivity contribution in [3.05, 3.63) is 0 Å². The Labute approximate surface area is 90.5 Å². The molecule has 0 heterocycles. The maximum atomic E-state index is 11.2. The van der Waals surface area contributed by atoms with Gasteiger partial charge in [-0.1, -0.05) is 0 Å². The lowest BCUT2D eigenvalue weighted by Crippen LogP contribution is -2.41. The summed E-state index contributed by atoms with van der Waals surface area (Å²) in [7, 11) is -2.98. The molecule has 6 heteroatoms. The first-order valence-electron chi connectivity index (χ1n) is 5.07. The molecule has 88 valence electrons. The van der Waals surface area contributed by atoms with E-state index in [2.05, 4.69) is 10.6 Å². The molecule has 15 heavy (non-hydrogen) atoms. The van der Waals surface area contributed by atoms with Gasteiger partial charge in [-0.15, -0.1) is 0 Å². The highest BCUT2D eigenvalue weighted by molar-refractivity contribution is 7.90. The lowest BCUT2D eigenvalue weighted by Gasteiger charge is -2.12. The molecule has 1 saturated carbocycles. The quantitative estimate of drug-likeness (QED) is 0.636. The average Bonchev–Trinajstić information content (AvgIpc) is 2.81. The van der Waals surface area contributed by atoms with E-state index in [4.69, 9.17) is 0 Å². The van der Waals surface area contributed by atoms with E-state index in [0.29, 0.717) is 6.04 Å². The number of amides is 1. The number of rotatable bonds is 6. The molecular formula is C9H18N2O3S. The molecule has 1 amide bonds. The maximum Gasteiger partial charge on any atom is 0.234 e. The predicted molar refractivity (Wildman–Crippen MR) is 58.3 cm³/mol. The molecule has 0 radical (unpaired) electrons. The molecule has 2 N–H and O–H groups in total. The van der Waals surface area contributed by atoms with Crippen LogP contribution in [-0.4, -0.2) is 45.0 Å². The van der Waals surface area contributed by atoms with Crippen LogP contribution in [0.15, 0.2) is 0 Å². The molecule has 0 saturated heterocycles. The fourth-order valence-electron chi connectivity index (χ4n) is 1.29. The van der Waals surface area contributed by atoms with Crippen LogP contribution in [0.4, 0.5) is 0 Å². The number of carbonyl (C=O) groups excluding carboxylic acids is 1. The van der Waals surface area contributed by atoms with Crippen LogP contribution in [0.25, 0.3) is 0 Å². The molecule has 0 aromatic rings. The van der Waals surface area contributed by atoms with Gasteiger partial charge in [-0.2, -0.15) is 0 Å². The summed E-state index contributed by atoms with van der Waals surface area (Å²) in [5, 5.41) is 5.70. The summed E-state index contributed by atoms with van der Waals surface area (Å²) in [6, 6.07) is 0.162. The fraction of sp³-hybridized carbons (Fsp3) is 0.889. The Balaban J connectivity index is 2.15. The standard InChI is InChI=1S/C9H18N2O3S/c1-7(6-15(2,13)14)10-5-9(12)11-8-3-4-8/h7-8,10H,3-6H2,1-2H3,(H,11,12). The zero-order valence-electron chi connectivity index (χ0n) is 9.12. The number of sulfone groups is 1. The van der Waals surface area contributed by atoms with Gasteiger partial charge in [0.1, 0.15) is 9.84 Å². The molecule has 1 aliphatic rings. The minimum absolute atomic E-state index is 0.0575. The van der Waals surface area contributed by atoms with Crippen molar-refractivity contribution in [1.82, 2.24) is 10.6 Å². The lowest BCUT2D eigenvalue weighted by molar-refractivity contribution is -0.120. The number of hydrogen-bond donors (Lipinski definition) is 2. The van der Waals surface area contributed by atoms with Crippen molar-refractivity contribution in [3.63, 3.8) is 0 Å². The lowest BCUT2D eigenvalue weighted by atomic mass is 10.4. The molecule has 1 fully saturated rings. The third-order valence-electron chi connectivity index (χ3n) is 2.11. The summed E-state index contributed by atoms with van der Waals surface area (Å²) in [4.78, 5) is 11.2. The number of hydrogen-bond acceptors (Lipinski definition) is 4. The third-order valence-corrected chi connectivity index (χ3v) is 3.21. The van der Waals surface area contributed by atoms with Crippen molar-refractivity contribution in [2.45, 2.75) is 31.8 Å². The van der Waals surface area contributed by atoms with Crippen LogP contribution in [0.1, 0.15) is 19.8 Å². The Hall–Kier alpha value is -0.620. The second-order valence-electron chi connectivity index (χ2n) is 4.22. The van der Waals surface area contributed by atoms with Gasteiger partial charge in [0.05, 0.1) is 12.3 Å². The topological polar surface area (TPSA) is 75.3 Å². The largest absolute Gasteiger partial charge is 0.352 e. The predicted octanol–water partition coefficient (Wildman–Crippen LogP) is -0.712. The Morgan fingerprint density at radius 1 is 1.47 bits per heavy atom. The van der Waals surface area contributed by atoms with Crippen LogP contribution in [0.5, 0.6) is 0 Å². The third kappa shape index (κ3) is 6.46. The smallest absolute Gasteiger partial charge is 0.234 e. The second kappa shape index (κ2) is 4.94. The Kier molecular flexibility index (Phi) is 4.10. The minimum Gasteiger partial charge on any atom is -0.352 e. The SMILES string of the molecule is CC(CS(C)(=O)=O)NCC(=O)NC1CC1. The highest BCUT2D eigenvalue weighted by Gasteiger charge is 2.23. The zero-order chi connectivity index (χ0) is 11.5. The van der Waals surface area contributed by atoms with Crippen molar-refractivity contribution in [2.24, 2.45) is 0 Å². The van der Waals surface area contributed by atoms with Gasteiger partial charge in [0, 0.05) is 18.3 Å². The van der Waals surface area contributed by atoms with Crippen molar-refractivity contribution in [3.8, 4) is 0 Å². The van der Waals surface area contributed by atoms with E-state index >= 15 is 0 Å². The summed E-state index contributed by atoms with van der Waals surface area (Å²) in [5.74, 6) is 0.00169. The van der Waals surface area contributed by atoms with E-state index < -0.39 is 9.84 Å². The number of carbonyl (C=O) groups is 1. The molecule has 1 unspecified atom stereocenters. The Bertz CT molecular complexity index is 322. The summed E-state index contributed by atoms with van der Waals surface area (Å²) in [6.07, 6.45) is 3.31. The molecule has 0 spiro atoms. The van der Waals surface area contributed by atoms with Gasteiger partial charge in [-0.25, -0.2) is 8.42 Å². The molecule has 0 bridgehead atoms. The summed E-state index contributed by atoms with van der Waals surface area (Å²) >= 11 is 0. The monoisotopic (exact) mass is 234 g/mol. The van der Waals surface area contributed by atoms with Crippen molar-refractivity contribution < 1.29 is 13.2 Å². The number of nitrogens with one attached hydrogen (secondary N) is 2. The Morgan fingerprint density at radius 3 is 2.53 bits per heavy atom. The summed E-state index contributed by atoms with van der Waals surface area (Å²) in [5.41, 5.74) is 0. The van der Waals surface area contributed by atoms with E-state index in [0.717, 1.165) is 12.8 Å². The first-order chi connectivity index (χ1) is 6.87. The minimum atomic E-state index is -2.98. The molecule has 5 nitrogen and oxygen atoms in total. The average molecular weight is 234 g/mol. The van der Waals surface area contributed by atoms with Gasteiger partial charge in [0.25, 0.3) is 0 Å². The highest BCUT2D eigenvalue weighted by atomic mass is 32.2. The van der Waals surface area contributed by atoms with Crippen molar-refractivity contribution >= 4 is 15.7 Å². The Morgan fingerprint density at radius 2 is 2.07 bits per heavy atom. The van der Waals surface area contributed by atoms with Gasteiger partial charge in [-0.3, -0.25) is 4.79 Å². The normalized spacial score (nSPS) is 18.5. The molecular weight excluding hydrogens is 216 g/mol.